The lowest BCUT2D eigenvalue weighted by Crippen LogP contribution is -2.33. The van der Waals surface area contributed by atoms with Crippen LogP contribution in [0.3, 0.4) is 0 Å². The van der Waals surface area contributed by atoms with E-state index in [1.54, 1.807) is 6.08 Å². The Hall–Kier alpha value is -3.80. The van der Waals surface area contributed by atoms with E-state index in [0.717, 1.165) is 28.5 Å². The molecule has 0 radical (unpaired) electrons. The van der Waals surface area contributed by atoms with E-state index in [2.05, 4.69) is 0 Å². The van der Waals surface area contributed by atoms with Crippen molar-refractivity contribution >= 4 is 17.8 Å². The van der Waals surface area contributed by atoms with Gasteiger partial charge < -0.3 is 18.8 Å². The maximum Gasteiger partial charge on any atom is 0.331 e. The number of hydrogen-bond acceptors (Lipinski definition) is 5. The first kappa shape index (κ1) is 21.4. The van der Waals surface area contributed by atoms with E-state index in [0.29, 0.717) is 18.7 Å². The van der Waals surface area contributed by atoms with Crippen LogP contribution in [0.2, 0.25) is 0 Å². The molecule has 164 valence electrons. The van der Waals surface area contributed by atoms with E-state index in [9.17, 15) is 9.59 Å². The van der Waals surface area contributed by atoms with E-state index >= 15 is 0 Å². The average molecular weight is 431 g/mol. The van der Waals surface area contributed by atoms with Crippen molar-refractivity contribution in [2.75, 3.05) is 13.2 Å². The number of ketones is 1. The molecule has 6 heteroatoms. The van der Waals surface area contributed by atoms with Crippen molar-refractivity contribution in [2.24, 2.45) is 0 Å². The normalized spacial score (nSPS) is 15.0. The van der Waals surface area contributed by atoms with E-state index in [-0.39, 0.29) is 18.5 Å². The van der Waals surface area contributed by atoms with E-state index in [1.165, 1.54) is 6.08 Å². The summed E-state index contributed by atoms with van der Waals surface area (Å²) in [5.41, 5.74) is 3.17. The van der Waals surface area contributed by atoms with Gasteiger partial charge in [0.2, 0.25) is 5.78 Å². The molecule has 1 aromatic heterocycles. The Bertz CT molecular complexity index is 1150. The molecule has 0 amide bonds. The number of carbonyl (C=O) groups excluding carboxylic acids is 2. The number of nitrogens with zero attached hydrogens (tertiary/aromatic N) is 1. The van der Waals surface area contributed by atoms with Crippen molar-refractivity contribution in [1.82, 2.24) is 4.57 Å². The van der Waals surface area contributed by atoms with Crippen LogP contribution in [0.1, 0.15) is 27.3 Å². The van der Waals surface area contributed by atoms with Gasteiger partial charge in [0.05, 0.1) is 6.54 Å². The molecule has 2 heterocycles. The molecule has 32 heavy (non-hydrogen) atoms. The van der Waals surface area contributed by atoms with Gasteiger partial charge in [-0.3, -0.25) is 4.79 Å². The van der Waals surface area contributed by atoms with Crippen LogP contribution in [0.25, 0.3) is 6.08 Å². The summed E-state index contributed by atoms with van der Waals surface area (Å²) in [6.07, 6.45) is 2.81. The second-order valence-corrected chi connectivity index (χ2v) is 7.67. The predicted octanol–water partition coefficient (Wildman–Crippen LogP) is 4.38. The van der Waals surface area contributed by atoms with E-state index < -0.39 is 5.97 Å². The third kappa shape index (κ3) is 4.91. The topological polar surface area (TPSA) is 66.8 Å². The second-order valence-electron chi connectivity index (χ2n) is 7.67. The van der Waals surface area contributed by atoms with E-state index in [4.69, 9.17) is 14.2 Å². The smallest absolute Gasteiger partial charge is 0.331 e. The molecule has 6 nitrogen and oxygen atoms in total. The van der Waals surface area contributed by atoms with Crippen molar-refractivity contribution in [3.05, 3.63) is 89.3 Å². The lowest BCUT2D eigenvalue weighted by atomic mass is 10.1. The number of para-hydroxylation sites is 2. The van der Waals surface area contributed by atoms with Crippen LogP contribution in [-0.4, -0.2) is 35.6 Å². The lowest BCUT2D eigenvalue weighted by molar-refractivity contribution is -0.136. The number of ether oxygens (including phenoxy) is 3. The summed E-state index contributed by atoms with van der Waals surface area (Å²) in [5.74, 6) is 0.668. The molecule has 0 bridgehead atoms. The Morgan fingerprint density at radius 2 is 1.78 bits per heavy atom. The number of aryl methyl sites for hydroxylation is 1. The number of esters is 1. The fraction of sp³-hybridized carbons (Fsp3) is 0.231. The molecule has 1 atom stereocenters. The van der Waals surface area contributed by atoms with Gasteiger partial charge in [0.25, 0.3) is 0 Å². The molecule has 0 aliphatic carbocycles. The van der Waals surface area contributed by atoms with Crippen LogP contribution >= 0.6 is 0 Å². The minimum absolute atomic E-state index is 0.168. The lowest BCUT2D eigenvalue weighted by Gasteiger charge is -2.27. The Morgan fingerprint density at radius 3 is 2.56 bits per heavy atom. The van der Waals surface area contributed by atoms with Gasteiger partial charge in [0, 0.05) is 23.0 Å². The van der Waals surface area contributed by atoms with Crippen molar-refractivity contribution in [1.29, 1.82) is 0 Å². The van der Waals surface area contributed by atoms with Crippen LogP contribution < -0.4 is 9.47 Å². The molecule has 3 aromatic rings. The SMILES string of the molecule is Cc1cc(C(=O)COC(=O)C=Cc2ccccc2)c(C)n1CC1COc2ccccc2O1. The molecule has 0 N–H and O–H groups in total. The second kappa shape index (κ2) is 9.56. The molecule has 0 spiro atoms. The average Bonchev–Trinajstić information content (AvgIpc) is 3.10. The molecule has 1 unspecified atom stereocenters. The van der Waals surface area contributed by atoms with Gasteiger partial charge in [-0.15, -0.1) is 0 Å². The van der Waals surface area contributed by atoms with Crippen LogP contribution in [0.15, 0.2) is 66.7 Å². The van der Waals surface area contributed by atoms with Crippen molar-refractivity contribution < 1.29 is 23.8 Å². The van der Waals surface area contributed by atoms with Gasteiger partial charge in [-0.05, 0) is 43.7 Å². The monoisotopic (exact) mass is 431 g/mol. The number of fused-ring (bicyclic) bond motifs is 1. The van der Waals surface area contributed by atoms with Crippen molar-refractivity contribution in [3.63, 3.8) is 0 Å². The van der Waals surface area contributed by atoms with Gasteiger partial charge in [0.1, 0.15) is 6.61 Å². The number of Topliss-reactive ketones (excluding diaryl/α,β-unsaturated/α-hetero) is 1. The first-order valence-electron chi connectivity index (χ1n) is 10.5. The van der Waals surface area contributed by atoms with Crippen LogP contribution in [-0.2, 0) is 16.1 Å². The summed E-state index contributed by atoms with van der Waals surface area (Å²) >= 11 is 0. The van der Waals surface area contributed by atoms with Crippen LogP contribution in [0.4, 0.5) is 0 Å². The summed E-state index contributed by atoms with van der Waals surface area (Å²) in [7, 11) is 0. The molecule has 2 aromatic carbocycles. The highest BCUT2D eigenvalue weighted by Crippen LogP contribution is 2.31. The zero-order valence-corrected chi connectivity index (χ0v) is 18.1. The molecule has 0 saturated carbocycles. The zero-order chi connectivity index (χ0) is 22.5. The third-order valence-corrected chi connectivity index (χ3v) is 5.38. The van der Waals surface area contributed by atoms with Crippen molar-refractivity contribution in [2.45, 2.75) is 26.5 Å². The van der Waals surface area contributed by atoms with Gasteiger partial charge >= 0.3 is 5.97 Å². The summed E-state index contributed by atoms with van der Waals surface area (Å²) < 4.78 is 19.0. The molecule has 1 aliphatic heterocycles. The Morgan fingerprint density at radius 1 is 1.06 bits per heavy atom. The molecular weight excluding hydrogens is 406 g/mol. The van der Waals surface area contributed by atoms with Gasteiger partial charge in [-0.1, -0.05) is 42.5 Å². The minimum Gasteiger partial charge on any atom is -0.486 e. The first-order valence-corrected chi connectivity index (χ1v) is 10.5. The predicted molar refractivity (Wildman–Crippen MR) is 121 cm³/mol. The highest BCUT2D eigenvalue weighted by atomic mass is 16.6. The van der Waals surface area contributed by atoms with Crippen LogP contribution in [0, 0.1) is 13.8 Å². The van der Waals surface area contributed by atoms with Crippen molar-refractivity contribution in [3.8, 4) is 11.5 Å². The first-order chi connectivity index (χ1) is 15.5. The highest BCUT2D eigenvalue weighted by Gasteiger charge is 2.24. The number of rotatable bonds is 7. The number of benzene rings is 2. The zero-order valence-electron chi connectivity index (χ0n) is 18.1. The van der Waals surface area contributed by atoms with Gasteiger partial charge in [-0.2, -0.15) is 0 Å². The number of aromatic nitrogens is 1. The highest BCUT2D eigenvalue weighted by molar-refractivity contribution is 6.00. The van der Waals surface area contributed by atoms with Gasteiger partial charge in [0.15, 0.2) is 24.2 Å². The molecule has 0 fully saturated rings. The Balaban J connectivity index is 1.36. The summed E-state index contributed by atoms with van der Waals surface area (Å²) in [6, 6.07) is 18.8. The number of hydrogen-bond donors (Lipinski definition) is 0. The minimum atomic E-state index is -0.553. The summed E-state index contributed by atoms with van der Waals surface area (Å²) in [6.45, 7) is 4.51. The fourth-order valence-corrected chi connectivity index (χ4v) is 3.71. The summed E-state index contributed by atoms with van der Waals surface area (Å²) in [4.78, 5) is 24.7. The maximum absolute atomic E-state index is 12.7. The van der Waals surface area contributed by atoms with Crippen LogP contribution in [0.5, 0.6) is 11.5 Å². The standard InChI is InChI=1S/C26H25NO5/c1-18-14-22(23(28)17-31-26(29)13-12-20-8-4-3-5-9-20)19(2)27(18)15-21-16-30-24-10-6-7-11-25(24)32-21/h3-14,21H,15-17H2,1-2H3. The number of carbonyl (C=O) groups is 2. The quantitative estimate of drug-likeness (QED) is 0.315. The fourth-order valence-electron chi connectivity index (χ4n) is 3.71. The van der Waals surface area contributed by atoms with Gasteiger partial charge in [-0.25, -0.2) is 4.79 Å². The summed E-state index contributed by atoms with van der Waals surface area (Å²) in [5, 5.41) is 0. The molecule has 1 aliphatic rings. The third-order valence-electron chi connectivity index (χ3n) is 5.38. The Labute approximate surface area is 187 Å². The molecular formula is C26H25NO5. The largest absolute Gasteiger partial charge is 0.486 e. The van der Waals surface area contributed by atoms with E-state index in [1.807, 2.05) is 79.1 Å². The maximum atomic E-state index is 12.7. The molecule has 0 saturated heterocycles. The Kier molecular flexibility index (Phi) is 6.40. The molecule has 4 rings (SSSR count).